The highest BCUT2D eigenvalue weighted by Crippen LogP contribution is 2.36. The van der Waals surface area contributed by atoms with Gasteiger partial charge in [0.15, 0.2) is 5.82 Å². The number of alkyl halides is 3. The van der Waals surface area contributed by atoms with Crippen molar-refractivity contribution < 1.29 is 13.2 Å². The molecule has 3 nitrogen and oxygen atoms in total. The van der Waals surface area contributed by atoms with E-state index in [4.69, 9.17) is 0 Å². The highest BCUT2D eigenvalue weighted by atomic mass is 19.4. The molecule has 0 bridgehead atoms. The van der Waals surface area contributed by atoms with Gasteiger partial charge >= 0.3 is 6.18 Å². The summed E-state index contributed by atoms with van der Waals surface area (Å²) < 4.78 is 37.7. The molecule has 0 aliphatic carbocycles. The predicted octanol–water partition coefficient (Wildman–Crippen LogP) is 2.51. The van der Waals surface area contributed by atoms with Gasteiger partial charge in [0.05, 0.1) is 11.6 Å². The van der Waals surface area contributed by atoms with E-state index in [9.17, 15) is 13.2 Å². The molecule has 17 heavy (non-hydrogen) atoms. The Labute approximate surface area is 97.6 Å². The van der Waals surface area contributed by atoms with Crippen LogP contribution in [0.3, 0.4) is 0 Å². The molecule has 2 heterocycles. The van der Waals surface area contributed by atoms with Crippen LogP contribution in [0.1, 0.15) is 6.42 Å². The molecule has 1 unspecified atom stereocenters. The van der Waals surface area contributed by atoms with Crippen molar-refractivity contribution in [1.82, 2.24) is 4.98 Å². The molecule has 0 aromatic carbocycles. The summed E-state index contributed by atoms with van der Waals surface area (Å²) in [6.07, 6.45) is -2.37. The molecule has 1 aromatic rings. The summed E-state index contributed by atoms with van der Waals surface area (Å²) in [7, 11) is 1.73. The van der Waals surface area contributed by atoms with Crippen LogP contribution in [0.5, 0.6) is 0 Å². The summed E-state index contributed by atoms with van der Waals surface area (Å²) in [5.41, 5.74) is 0.760. The molecular weight excluding hydrogens is 231 g/mol. The molecule has 1 aromatic heterocycles. The number of rotatable bonds is 2. The van der Waals surface area contributed by atoms with E-state index in [1.807, 2.05) is 6.07 Å². The van der Waals surface area contributed by atoms with Crippen LogP contribution >= 0.6 is 0 Å². The van der Waals surface area contributed by atoms with E-state index in [2.05, 4.69) is 10.3 Å². The van der Waals surface area contributed by atoms with E-state index in [0.717, 1.165) is 5.69 Å². The third-order valence-electron chi connectivity index (χ3n) is 3.01. The van der Waals surface area contributed by atoms with Crippen LogP contribution in [0, 0.1) is 5.92 Å². The average molecular weight is 245 g/mol. The Morgan fingerprint density at radius 1 is 1.47 bits per heavy atom. The highest BCUT2D eigenvalue weighted by molar-refractivity contribution is 5.65. The van der Waals surface area contributed by atoms with Crippen LogP contribution in [-0.2, 0) is 0 Å². The summed E-state index contributed by atoms with van der Waals surface area (Å²) in [5, 5.41) is 2.94. The molecule has 94 valence electrons. The first kappa shape index (κ1) is 12.0. The van der Waals surface area contributed by atoms with Crippen LogP contribution in [0.2, 0.25) is 0 Å². The molecule has 1 aliphatic rings. The molecule has 1 aliphatic heterocycles. The minimum Gasteiger partial charge on any atom is -0.385 e. The monoisotopic (exact) mass is 245 g/mol. The maximum Gasteiger partial charge on any atom is 0.393 e. The van der Waals surface area contributed by atoms with Crippen molar-refractivity contribution in [2.24, 2.45) is 5.92 Å². The number of hydrogen-bond donors (Lipinski definition) is 1. The van der Waals surface area contributed by atoms with Crippen molar-refractivity contribution in [3.63, 3.8) is 0 Å². The third kappa shape index (κ3) is 2.45. The lowest BCUT2D eigenvalue weighted by molar-refractivity contribution is -0.168. The lowest BCUT2D eigenvalue weighted by Crippen LogP contribution is -2.28. The van der Waals surface area contributed by atoms with Gasteiger partial charge in [-0.2, -0.15) is 13.2 Å². The van der Waals surface area contributed by atoms with E-state index in [-0.39, 0.29) is 13.0 Å². The lowest BCUT2D eigenvalue weighted by Gasteiger charge is -2.21. The zero-order valence-electron chi connectivity index (χ0n) is 9.46. The lowest BCUT2D eigenvalue weighted by atomic mass is 10.1. The second-order valence-corrected chi connectivity index (χ2v) is 4.10. The molecule has 0 amide bonds. The predicted molar refractivity (Wildman–Crippen MR) is 60.2 cm³/mol. The van der Waals surface area contributed by atoms with E-state index in [1.165, 1.54) is 0 Å². The van der Waals surface area contributed by atoms with Crippen LogP contribution < -0.4 is 10.2 Å². The van der Waals surface area contributed by atoms with Crippen molar-refractivity contribution in [2.45, 2.75) is 12.6 Å². The molecule has 1 saturated heterocycles. The molecule has 2 rings (SSSR count). The molecule has 0 radical (unpaired) electrons. The van der Waals surface area contributed by atoms with Gasteiger partial charge in [0.2, 0.25) is 0 Å². The van der Waals surface area contributed by atoms with Gasteiger partial charge in [0, 0.05) is 26.3 Å². The highest BCUT2D eigenvalue weighted by Gasteiger charge is 2.44. The molecule has 1 atom stereocenters. The normalized spacial score (nSPS) is 20.7. The van der Waals surface area contributed by atoms with Gasteiger partial charge in [-0.15, -0.1) is 0 Å². The van der Waals surface area contributed by atoms with Gasteiger partial charge in [-0.3, -0.25) is 0 Å². The molecule has 6 heteroatoms. The maximum absolute atomic E-state index is 12.6. The van der Waals surface area contributed by atoms with Crippen LogP contribution in [0.25, 0.3) is 0 Å². The molecular formula is C11H14F3N3. The summed E-state index contributed by atoms with van der Waals surface area (Å²) in [6, 6.07) is 3.57. The first-order valence-corrected chi connectivity index (χ1v) is 5.47. The summed E-state index contributed by atoms with van der Waals surface area (Å²) in [4.78, 5) is 5.83. The molecule has 0 saturated carbocycles. The second-order valence-electron chi connectivity index (χ2n) is 4.10. The topological polar surface area (TPSA) is 28.2 Å². The largest absolute Gasteiger partial charge is 0.393 e. The van der Waals surface area contributed by atoms with Crippen LogP contribution in [-0.4, -0.2) is 31.3 Å². The van der Waals surface area contributed by atoms with Gasteiger partial charge in [0.25, 0.3) is 0 Å². The molecule has 0 spiro atoms. The van der Waals surface area contributed by atoms with Gasteiger partial charge in [0.1, 0.15) is 0 Å². The van der Waals surface area contributed by atoms with E-state index in [1.54, 1.807) is 24.2 Å². The zero-order chi connectivity index (χ0) is 12.5. The van der Waals surface area contributed by atoms with Crippen molar-refractivity contribution in [3.05, 3.63) is 18.3 Å². The van der Waals surface area contributed by atoms with Gasteiger partial charge in [-0.1, -0.05) is 0 Å². The Hall–Kier alpha value is -1.46. The smallest absolute Gasteiger partial charge is 0.385 e. The first-order valence-electron chi connectivity index (χ1n) is 5.47. The first-order chi connectivity index (χ1) is 8.02. The fraction of sp³-hybridized carbons (Fsp3) is 0.545. The standard InChI is InChI=1S/C11H14F3N3/c1-15-9-3-2-5-16-10(9)17-6-4-8(7-17)11(12,13)14/h2-3,5,8,15H,4,6-7H2,1H3. The van der Waals surface area contributed by atoms with Crippen LogP contribution in [0.4, 0.5) is 24.7 Å². The maximum atomic E-state index is 12.6. The fourth-order valence-corrected chi connectivity index (χ4v) is 2.06. The Balaban J connectivity index is 2.15. The van der Waals surface area contributed by atoms with Crippen molar-refractivity contribution in [2.75, 3.05) is 30.4 Å². The van der Waals surface area contributed by atoms with E-state index in [0.29, 0.717) is 12.4 Å². The zero-order valence-corrected chi connectivity index (χ0v) is 9.46. The second kappa shape index (κ2) is 4.43. The Morgan fingerprint density at radius 3 is 2.82 bits per heavy atom. The Bertz CT molecular complexity index is 392. The molecule has 1 N–H and O–H groups in total. The fourth-order valence-electron chi connectivity index (χ4n) is 2.06. The number of halogens is 3. The third-order valence-corrected chi connectivity index (χ3v) is 3.01. The van der Waals surface area contributed by atoms with Gasteiger partial charge in [-0.05, 0) is 18.6 Å². The Morgan fingerprint density at radius 2 is 2.24 bits per heavy atom. The number of nitrogens with one attached hydrogen (secondary N) is 1. The van der Waals surface area contributed by atoms with E-state index >= 15 is 0 Å². The SMILES string of the molecule is CNc1cccnc1N1CCC(C(F)(F)F)C1. The number of aromatic nitrogens is 1. The van der Waals surface area contributed by atoms with Crippen molar-refractivity contribution in [1.29, 1.82) is 0 Å². The minimum atomic E-state index is -4.11. The minimum absolute atomic E-state index is 0.00477. The average Bonchev–Trinajstić information content (AvgIpc) is 2.77. The van der Waals surface area contributed by atoms with Gasteiger partial charge < -0.3 is 10.2 Å². The number of pyridine rings is 1. The van der Waals surface area contributed by atoms with Crippen molar-refractivity contribution >= 4 is 11.5 Å². The summed E-state index contributed by atoms with van der Waals surface area (Å²) in [6.45, 7) is 0.394. The van der Waals surface area contributed by atoms with Gasteiger partial charge in [-0.25, -0.2) is 4.98 Å². The number of hydrogen-bond acceptors (Lipinski definition) is 3. The summed E-state index contributed by atoms with van der Waals surface area (Å²) >= 11 is 0. The Kier molecular flexibility index (Phi) is 3.13. The quantitative estimate of drug-likeness (QED) is 0.867. The molecule has 1 fully saturated rings. The number of nitrogens with zero attached hydrogens (tertiary/aromatic N) is 2. The summed E-state index contributed by atoms with van der Waals surface area (Å²) in [5.74, 6) is -0.643. The van der Waals surface area contributed by atoms with Crippen molar-refractivity contribution in [3.8, 4) is 0 Å². The van der Waals surface area contributed by atoms with E-state index < -0.39 is 12.1 Å². The number of anilines is 2. The van der Waals surface area contributed by atoms with Crippen LogP contribution in [0.15, 0.2) is 18.3 Å².